The molecule has 0 spiro atoms. The van der Waals surface area contributed by atoms with E-state index in [4.69, 9.17) is 34.8 Å². The van der Waals surface area contributed by atoms with E-state index in [0.717, 1.165) is 26.9 Å². The third-order valence-electron chi connectivity index (χ3n) is 2.70. The number of hydrogen-bond acceptors (Lipinski definition) is 1. The summed E-state index contributed by atoms with van der Waals surface area (Å²) in [7, 11) is 0. The van der Waals surface area contributed by atoms with Crippen LogP contribution in [-0.4, -0.2) is 9.97 Å². The standard InChI is InChI=1S/C13H6BrCl3N2/c14-8-4-7(15)5-11-12(8)19-13(18-11)6-1-2-9(16)10(17)3-6/h1-5H,(H,18,19). The quantitative estimate of drug-likeness (QED) is 0.558. The molecule has 0 saturated heterocycles. The predicted molar refractivity (Wildman–Crippen MR) is 84.3 cm³/mol. The van der Waals surface area contributed by atoms with Crippen LogP contribution in [0, 0.1) is 0 Å². The van der Waals surface area contributed by atoms with Gasteiger partial charge in [0, 0.05) is 15.1 Å². The average molecular weight is 376 g/mol. The van der Waals surface area contributed by atoms with E-state index in [0.29, 0.717) is 15.1 Å². The van der Waals surface area contributed by atoms with Crippen molar-refractivity contribution in [2.45, 2.75) is 0 Å². The van der Waals surface area contributed by atoms with Crippen LogP contribution >= 0.6 is 50.7 Å². The van der Waals surface area contributed by atoms with Crippen molar-refractivity contribution in [3.63, 3.8) is 0 Å². The Labute approximate surface area is 132 Å². The molecular weight excluding hydrogens is 370 g/mol. The maximum Gasteiger partial charge on any atom is 0.138 e. The van der Waals surface area contributed by atoms with Crippen LogP contribution in [0.5, 0.6) is 0 Å². The molecule has 2 nitrogen and oxygen atoms in total. The number of benzene rings is 2. The fraction of sp³-hybridized carbons (Fsp3) is 0. The SMILES string of the molecule is Clc1cc(Br)c2nc(-c3ccc(Cl)c(Cl)c3)[nH]c2c1. The average Bonchev–Trinajstić information content (AvgIpc) is 2.76. The third kappa shape index (κ3) is 2.48. The Morgan fingerprint density at radius 1 is 1.00 bits per heavy atom. The van der Waals surface area contributed by atoms with Crippen LogP contribution in [0.1, 0.15) is 0 Å². The molecular formula is C13H6BrCl3N2. The topological polar surface area (TPSA) is 28.7 Å². The van der Waals surface area contributed by atoms with E-state index in [1.54, 1.807) is 12.1 Å². The van der Waals surface area contributed by atoms with Crippen molar-refractivity contribution < 1.29 is 0 Å². The summed E-state index contributed by atoms with van der Waals surface area (Å²) in [6, 6.07) is 9.02. The van der Waals surface area contributed by atoms with Crippen molar-refractivity contribution in [3.05, 3.63) is 49.9 Å². The maximum atomic E-state index is 6.01. The van der Waals surface area contributed by atoms with Gasteiger partial charge in [0.25, 0.3) is 0 Å². The van der Waals surface area contributed by atoms with Gasteiger partial charge in [0.05, 0.1) is 15.6 Å². The second kappa shape index (κ2) is 4.98. The van der Waals surface area contributed by atoms with E-state index in [2.05, 4.69) is 25.9 Å². The molecule has 6 heteroatoms. The highest BCUT2D eigenvalue weighted by Gasteiger charge is 2.10. The summed E-state index contributed by atoms with van der Waals surface area (Å²) in [6.07, 6.45) is 0. The Morgan fingerprint density at radius 2 is 1.79 bits per heavy atom. The first-order chi connectivity index (χ1) is 9.04. The number of nitrogens with zero attached hydrogens (tertiary/aromatic N) is 1. The second-order valence-corrected chi connectivity index (χ2v) is 6.10. The fourth-order valence-electron chi connectivity index (χ4n) is 1.82. The zero-order valence-corrected chi connectivity index (χ0v) is 13.2. The van der Waals surface area contributed by atoms with Gasteiger partial charge in [-0.2, -0.15) is 0 Å². The molecule has 0 saturated carbocycles. The van der Waals surface area contributed by atoms with Gasteiger partial charge in [-0.1, -0.05) is 34.8 Å². The summed E-state index contributed by atoms with van der Waals surface area (Å²) in [5.41, 5.74) is 2.56. The third-order valence-corrected chi connectivity index (χ3v) is 4.26. The van der Waals surface area contributed by atoms with Crippen molar-refractivity contribution in [1.29, 1.82) is 0 Å². The number of aromatic amines is 1. The number of H-pyrrole nitrogens is 1. The smallest absolute Gasteiger partial charge is 0.138 e. The zero-order valence-electron chi connectivity index (χ0n) is 9.35. The molecule has 3 aromatic rings. The first-order valence-corrected chi connectivity index (χ1v) is 7.27. The van der Waals surface area contributed by atoms with Gasteiger partial charge in [0.15, 0.2) is 0 Å². The number of halogens is 4. The van der Waals surface area contributed by atoms with Crippen LogP contribution in [0.4, 0.5) is 0 Å². The molecule has 1 heterocycles. The van der Waals surface area contributed by atoms with E-state index in [1.165, 1.54) is 0 Å². The first-order valence-electron chi connectivity index (χ1n) is 5.35. The number of aromatic nitrogens is 2. The van der Waals surface area contributed by atoms with Crippen molar-refractivity contribution in [3.8, 4) is 11.4 Å². The van der Waals surface area contributed by atoms with Gasteiger partial charge < -0.3 is 4.98 Å². The molecule has 0 amide bonds. The molecule has 19 heavy (non-hydrogen) atoms. The monoisotopic (exact) mass is 374 g/mol. The molecule has 1 aromatic heterocycles. The van der Waals surface area contributed by atoms with Crippen molar-refractivity contribution in [2.24, 2.45) is 0 Å². The maximum absolute atomic E-state index is 6.01. The molecule has 0 aliphatic rings. The van der Waals surface area contributed by atoms with E-state index >= 15 is 0 Å². The van der Waals surface area contributed by atoms with Gasteiger partial charge in [0.2, 0.25) is 0 Å². The summed E-state index contributed by atoms with van der Waals surface area (Å²) < 4.78 is 0.845. The molecule has 0 radical (unpaired) electrons. The number of imidazole rings is 1. The minimum absolute atomic E-state index is 0.497. The number of hydrogen-bond donors (Lipinski definition) is 1. The van der Waals surface area contributed by atoms with Crippen molar-refractivity contribution in [1.82, 2.24) is 9.97 Å². The van der Waals surface area contributed by atoms with Gasteiger partial charge in [-0.05, 0) is 46.3 Å². The molecule has 2 aromatic carbocycles. The van der Waals surface area contributed by atoms with Gasteiger partial charge in [0.1, 0.15) is 11.3 Å². The van der Waals surface area contributed by atoms with Crippen LogP contribution in [0.25, 0.3) is 22.4 Å². The zero-order chi connectivity index (χ0) is 13.6. The van der Waals surface area contributed by atoms with Crippen LogP contribution in [0.3, 0.4) is 0 Å². The van der Waals surface area contributed by atoms with Gasteiger partial charge in [-0.15, -0.1) is 0 Å². The molecule has 0 atom stereocenters. The van der Waals surface area contributed by atoms with Crippen LogP contribution in [0.15, 0.2) is 34.8 Å². The highest BCUT2D eigenvalue weighted by molar-refractivity contribution is 9.10. The molecule has 3 rings (SSSR count). The van der Waals surface area contributed by atoms with E-state index in [1.807, 2.05) is 18.2 Å². The summed E-state index contributed by atoms with van der Waals surface area (Å²) in [5, 5.41) is 1.66. The molecule has 0 bridgehead atoms. The number of fused-ring (bicyclic) bond motifs is 1. The summed E-state index contributed by atoms with van der Waals surface area (Å²) >= 11 is 21.4. The van der Waals surface area contributed by atoms with Crippen LogP contribution in [-0.2, 0) is 0 Å². The summed E-state index contributed by atoms with van der Waals surface area (Å²) in [4.78, 5) is 7.74. The molecule has 0 aliphatic carbocycles. The Kier molecular flexibility index (Phi) is 3.48. The Bertz CT molecular complexity index is 783. The lowest BCUT2D eigenvalue weighted by molar-refractivity contribution is 1.33. The Hall–Kier alpha value is -0.740. The van der Waals surface area contributed by atoms with E-state index < -0.39 is 0 Å². The van der Waals surface area contributed by atoms with E-state index in [-0.39, 0.29) is 0 Å². The number of rotatable bonds is 1. The predicted octanol–water partition coefficient (Wildman–Crippen LogP) is 5.95. The van der Waals surface area contributed by atoms with Gasteiger partial charge in [-0.3, -0.25) is 0 Å². The first kappa shape index (κ1) is 13.3. The lowest BCUT2D eigenvalue weighted by Crippen LogP contribution is -1.80. The van der Waals surface area contributed by atoms with Gasteiger partial charge >= 0.3 is 0 Å². The van der Waals surface area contributed by atoms with Crippen LogP contribution < -0.4 is 0 Å². The summed E-state index contributed by atoms with van der Waals surface area (Å²) in [5.74, 6) is 0.719. The van der Waals surface area contributed by atoms with Gasteiger partial charge in [-0.25, -0.2) is 4.98 Å². The highest BCUT2D eigenvalue weighted by Crippen LogP contribution is 2.31. The largest absolute Gasteiger partial charge is 0.338 e. The lowest BCUT2D eigenvalue weighted by atomic mass is 10.2. The normalized spacial score (nSPS) is 11.2. The Morgan fingerprint density at radius 3 is 2.53 bits per heavy atom. The number of nitrogens with one attached hydrogen (secondary N) is 1. The lowest BCUT2D eigenvalue weighted by Gasteiger charge is -1.99. The molecule has 0 fully saturated rings. The van der Waals surface area contributed by atoms with Crippen LogP contribution in [0.2, 0.25) is 15.1 Å². The minimum atomic E-state index is 0.497. The fourth-order valence-corrected chi connectivity index (χ4v) is 3.02. The molecule has 1 N–H and O–H groups in total. The van der Waals surface area contributed by atoms with Crippen molar-refractivity contribution in [2.75, 3.05) is 0 Å². The molecule has 0 unspecified atom stereocenters. The highest BCUT2D eigenvalue weighted by atomic mass is 79.9. The Balaban J connectivity index is 2.20. The summed E-state index contributed by atoms with van der Waals surface area (Å²) in [6.45, 7) is 0. The molecule has 96 valence electrons. The second-order valence-electron chi connectivity index (χ2n) is 4.00. The van der Waals surface area contributed by atoms with Crippen molar-refractivity contribution >= 4 is 61.8 Å². The molecule has 0 aliphatic heterocycles. The minimum Gasteiger partial charge on any atom is -0.338 e. The van der Waals surface area contributed by atoms with E-state index in [9.17, 15) is 0 Å².